The Kier molecular flexibility index (Phi) is 4.05. The molecule has 0 saturated heterocycles. The number of hydrogen-bond acceptors (Lipinski definition) is 2. The predicted molar refractivity (Wildman–Crippen MR) is 84.0 cm³/mol. The van der Waals surface area contributed by atoms with E-state index in [1.165, 1.54) is 11.1 Å². The molecule has 0 aromatic carbocycles. The Labute approximate surface area is 127 Å². The second kappa shape index (κ2) is 5.36. The van der Waals surface area contributed by atoms with Crippen LogP contribution in [0.5, 0.6) is 0 Å². The zero-order valence-corrected chi connectivity index (χ0v) is 13.6. The van der Waals surface area contributed by atoms with Crippen LogP contribution in [0, 0.1) is 23.2 Å². The van der Waals surface area contributed by atoms with Gasteiger partial charge in [-0.15, -0.1) is 0 Å². The van der Waals surface area contributed by atoms with Crippen molar-refractivity contribution in [1.82, 2.24) is 0 Å². The second-order valence-corrected chi connectivity index (χ2v) is 7.31. The van der Waals surface area contributed by atoms with Gasteiger partial charge in [0.25, 0.3) is 0 Å². The summed E-state index contributed by atoms with van der Waals surface area (Å²) in [7, 11) is 0. The monoisotopic (exact) mass is 290 g/mol. The average molecular weight is 290 g/mol. The standard InChI is InChI=1S/C18H26O3/c1-10-8-13(6-7-15(10)19)14-9-18(4,5)16(17(20)21)12(3)11(14)2/h6-7,12-13,16,19H,8-9H2,1-5H3,(H,20,21)/t12-,13?,16-/m0/s1. The van der Waals surface area contributed by atoms with Crippen molar-refractivity contribution in [3.8, 4) is 0 Å². The molecule has 0 aromatic heterocycles. The molecule has 116 valence electrons. The highest BCUT2D eigenvalue weighted by atomic mass is 16.4. The molecule has 0 radical (unpaired) electrons. The normalized spacial score (nSPS) is 32.5. The van der Waals surface area contributed by atoms with Crippen molar-refractivity contribution in [2.45, 2.75) is 47.5 Å². The van der Waals surface area contributed by atoms with Gasteiger partial charge in [-0.1, -0.05) is 38.0 Å². The summed E-state index contributed by atoms with van der Waals surface area (Å²) in [5.41, 5.74) is 3.33. The van der Waals surface area contributed by atoms with Gasteiger partial charge in [0.2, 0.25) is 0 Å². The van der Waals surface area contributed by atoms with Crippen LogP contribution >= 0.6 is 0 Å². The fourth-order valence-electron chi connectivity index (χ4n) is 4.02. The number of carboxylic acid groups (broad SMARTS) is 1. The maximum atomic E-state index is 11.6. The van der Waals surface area contributed by atoms with Crippen LogP contribution in [-0.2, 0) is 4.79 Å². The third-order valence-electron chi connectivity index (χ3n) is 5.34. The molecule has 0 spiro atoms. The molecule has 2 rings (SSSR count). The van der Waals surface area contributed by atoms with Crippen LogP contribution in [-0.4, -0.2) is 16.2 Å². The van der Waals surface area contributed by atoms with E-state index in [-0.39, 0.29) is 23.2 Å². The van der Waals surface area contributed by atoms with Crippen LogP contribution in [0.1, 0.15) is 47.5 Å². The Morgan fingerprint density at radius 1 is 1.33 bits per heavy atom. The number of allylic oxidation sites excluding steroid dienone is 5. The predicted octanol–water partition coefficient (Wildman–Crippen LogP) is 4.48. The van der Waals surface area contributed by atoms with E-state index in [4.69, 9.17) is 0 Å². The van der Waals surface area contributed by atoms with Gasteiger partial charge in [0.05, 0.1) is 5.92 Å². The van der Waals surface area contributed by atoms with Crippen LogP contribution in [0.25, 0.3) is 0 Å². The molecular weight excluding hydrogens is 264 g/mol. The molecule has 0 amide bonds. The Hall–Kier alpha value is -1.51. The van der Waals surface area contributed by atoms with E-state index >= 15 is 0 Å². The first-order valence-corrected chi connectivity index (χ1v) is 7.64. The molecule has 0 aliphatic heterocycles. The van der Waals surface area contributed by atoms with Crippen molar-refractivity contribution in [2.24, 2.45) is 23.2 Å². The number of rotatable bonds is 2. The van der Waals surface area contributed by atoms with Gasteiger partial charge in [-0.3, -0.25) is 4.79 Å². The minimum Gasteiger partial charge on any atom is -0.508 e. The summed E-state index contributed by atoms with van der Waals surface area (Å²) in [4.78, 5) is 11.6. The van der Waals surface area contributed by atoms with Gasteiger partial charge in [0, 0.05) is 5.92 Å². The van der Waals surface area contributed by atoms with Crippen molar-refractivity contribution in [3.05, 3.63) is 34.6 Å². The maximum absolute atomic E-state index is 11.6. The topological polar surface area (TPSA) is 57.5 Å². The summed E-state index contributed by atoms with van der Waals surface area (Å²) in [6.07, 6.45) is 5.48. The molecule has 0 bridgehead atoms. The van der Waals surface area contributed by atoms with Gasteiger partial charge in [-0.25, -0.2) is 0 Å². The van der Waals surface area contributed by atoms with E-state index in [1.54, 1.807) is 6.08 Å². The number of carbonyl (C=O) groups is 1. The molecule has 0 heterocycles. The molecule has 2 aliphatic rings. The van der Waals surface area contributed by atoms with Gasteiger partial charge < -0.3 is 10.2 Å². The molecule has 3 atom stereocenters. The highest BCUT2D eigenvalue weighted by molar-refractivity contribution is 5.72. The minimum absolute atomic E-state index is 0.0504. The van der Waals surface area contributed by atoms with Crippen LogP contribution in [0.3, 0.4) is 0 Å². The lowest BCUT2D eigenvalue weighted by molar-refractivity contribution is -0.148. The van der Waals surface area contributed by atoms with E-state index in [0.29, 0.717) is 5.76 Å². The first-order chi connectivity index (χ1) is 9.65. The quantitative estimate of drug-likeness (QED) is 0.737. The Bertz CT molecular complexity index is 549. The van der Waals surface area contributed by atoms with Crippen LogP contribution in [0.4, 0.5) is 0 Å². The Balaban J connectivity index is 2.37. The molecule has 2 aliphatic carbocycles. The minimum atomic E-state index is -0.696. The molecule has 21 heavy (non-hydrogen) atoms. The third-order valence-corrected chi connectivity index (χ3v) is 5.34. The molecule has 3 nitrogen and oxygen atoms in total. The van der Waals surface area contributed by atoms with Gasteiger partial charge in [-0.05, 0) is 49.7 Å². The summed E-state index contributed by atoms with van der Waals surface area (Å²) in [6.45, 7) is 10.2. The molecule has 1 unspecified atom stereocenters. The summed E-state index contributed by atoms with van der Waals surface area (Å²) in [6, 6.07) is 0. The molecular formula is C18H26O3. The summed E-state index contributed by atoms with van der Waals surface area (Å²) in [5.74, 6) is -0.319. The number of aliphatic carboxylic acids is 1. The van der Waals surface area contributed by atoms with Crippen molar-refractivity contribution in [2.75, 3.05) is 0 Å². The SMILES string of the molecule is CC1=C(O)C=CC(C2=C(C)[C@H](C)[C@@H](C(=O)O)C(C)(C)C2)C1. The summed E-state index contributed by atoms with van der Waals surface area (Å²) < 4.78 is 0. The summed E-state index contributed by atoms with van der Waals surface area (Å²) >= 11 is 0. The average Bonchev–Trinajstić information content (AvgIpc) is 2.36. The molecule has 0 fully saturated rings. The van der Waals surface area contributed by atoms with Crippen LogP contribution in [0.15, 0.2) is 34.6 Å². The Morgan fingerprint density at radius 2 is 1.95 bits per heavy atom. The summed E-state index contributed by atoms with van der Waals surface area (Å²) in [5, 5.41) is 19.3. The van der Waals surface area contributed by atoms with Crippen molar-refractivity contribution in [3.63, 3.8) is 0 Å². The Morgan fingerprint density at radius 3 is 2.48 bits per heavy atom. The maximum Gasteiger partial charge on any atom is 0.307 e. The van der Waals surface area contributed by atoms with Crippen molar-refractivity contribution >= 4 is 5.97 Å². The van der Waals surface area contributed by atoms with E-state index < -0.39 is 5.97 Å². The fraction of sp³-hybridized carbons (Fsp3) is 0.611. The van der Waals surface area contributed by atoms with E-state index in [9.17, 15) is 15.0 Å². The zero-order valence-electron chi connectivity index (χ0n) is 13.6. The lowest BCUT2D eigenvalue weighted by Crippen LogP contribution is -2.41. The van der Waals surface area contributed by atoms with Crippen LogP contribution < -0.4 is 0 Å². The molecule has 3 heteroatoms. The van der Waals surface area contributed by atoms with Gasteiger partial charge >= 0.3 is 5.97 Å². The fourth-order valence-corrected chi connectivity index (χ4v) is 4.02. The third kappa shape index (κ3) is 2.78. The van der Waals surface area contributed by atoms with Gasteiger partial charge in [0.15, 0.2) is 0 Å². The van der Waals surface area contributed by atoms with Gasteiger partial charge in [0.1, 0.15) is 5.76 Å². The number of hydrogen-bond donors (Lipinski definition) is 2. The van der Waals surface area contributed by atoms with E-state index in [1.807, 2.05) is 13.8 Å². The first kappa shape index (κ1) is 15.9. The molecule has 0 aromatic rings. The van der Waals surface area contributed by atoms with Crippen molar-refractivity contribution in [1.29, 1.82) is 0 Å². The van der Waals surface area contributed by atoms with Crippen molar-refractivity contribution < 1.29 is 15.0 Å². The molecule has 2 N–H and O–H groups in total. The smallest absolute Gasteiger partial charge is 0.307 e. The highest BCUT2D eigenvalue weighted by Crippen LogP contribution is 2.50. The second-order valence-electron chi connectivity index (χ2n) is 7.31. The number of aliphatic hydroxyl groups excluding tert-OH is 1. The zero-order chi connectivity index (χ0) is 15.9. The number of carboxylic acids is 1. The number of aliphatic hydroxyl groups is 1. The van der Waals surface area contributed by atoms with Gasteiger partial charge in [-0.2, -0.15) is 0 Å². The highest BCUT2D eigenvalue weighted by Gasteiger charge is 2.45. The van der Waals surface area contributed by atoms with Crippen LogP contribution in [0.2, 0.25) is 0 Å². The van der Waals surface area contributed by atoms with E-state index in [0.717, 1.165) is 18.4 Å². The largest absolute Gasteiger partial charge is 0.508 e. The lowest BCUT2D eigenvalue weighted by Gasteiger charge is -2.44. The first-order valence-electron chi connectivity index (χ1n) is 7.64. The van der Waals surface area contributed by atoms with E-state index in [2.05, 4.69) is 26.8 Å². The lowest BCUT2D eigenvalue weighted by atomic mass is 9.60. The molecule has 0 saturated carbocycles.